The molecule has 16 heavy (non-hydrogen) atoms. The standard InChI is InChI=1S/C11H15ClN2OS/c12-10-5-2-1-4-9(10)8-16-7-3-6-11(13)14-15/h1-2,4-5,15H,3,6-8H2,(H2,13,14). The Balaban J connectivity index is 2.19. The summed E-state index contributed by atoms with van der Waals surface area (Å²) in [6.07, 6.45) is 1.54. The van der Waals surface area contributed by atoms with E-state index < -0.39 is 0 Å². The molecule has 0 fully saturated rings. The Labute approximate surface area is 105 Å². The van der Waals surface area contributed by atoms with E-state index in [1.165, 1.54) is 0 Å². The predicted molar refractivity (Wildman–Crippen MR) is 70.3 cm³/mol. The van der Waals surface area contributed by atoms with Crippen LogP contribution in [0, 0.1) is 0 Å². The highest BCUT2D eigenvalue weighted by atomic mass is 35.5. The van der Waals surface area contributed by atoms with Crippen LogP contribution in [0.5, 0.6) is 0 Å². The monoisotopic (exact) mass is 258 g/mol. The van der Waals surface area contributed by atoms with Crippen LogP contribution in [0.4, 0.5) is 0 Å². The molecule has 0 aliphatic carbocycles. The Morgan fingerprint density at radius 2 is 2.19 bits per heavy atom. The van der Waals surface area contributed by atoms with Crippen LogP contribution in [-0.4, -0.2) is 16.8 Å². The van der Waals surface area contributed by atoms with Gasteiger partial charge in [0.15, 0.2) is 0 Å². The van der Waals surface area contributed by atoms with Gasteiger partial charge in [-0.05, 0) is 23.8 Å². The highest BCUT2D eigenvalue weighted by Crippen LogP contribution is 2.21. The van der Waals surface area contributed by atoms with E-state index in [0.29, 0.717) is 12.3 Å². The van der Waals surface area contributed by atoms with Crippen LogP contribution in [0.2, 0.25) is 5.02 Å². The van der Waals surface area contributed by atoms with Crippen molar-refractivity contribution in [2.75, 3.05) is 5.75 Å². The molecule has 3 nitrogen and oxygen atoms in total. The number of nitrogens with zero attached hydrogens (tertiary/aromatic N) is 1. The Bertz CT molecular complexity index is 358. The summed E-state index contributed by atoms with van der Waals surface area (Å²) in [5.74, 6) is 2.16. The number of rotatable bonds is 6. The molecule has 0 unspecified atom stereocenters. The van der Waals surface area contributed by atoms with E-state index in [1.807, 2.05) is 24.3 Å². The van der Waals surface area contributed by atoms with Gasteiger partial charge in [0.1, 0.15) is 5.84 Å². The molecule has 1 aromatic carbocycles. The lowest BCUT2D eigenvalue weighted by molar-refractivity contribution is 0.317. The second-order valence-electron chi connectivity index (χ2n) is 3.34. The molecule has 5 heteroatoms. The van der Waals surface area contributed by atoms with Crippen molar-refractivity contribution in [2.24, 2.45) is 10.9 Å². The molecule has 0 spiro atoms. The molecule has 3 N–H and O–H groups in total. The van der Waals surface area contributed by atoms with Crippen molar-refractivity contribution in [2.45, 2.75) is 18.6 Å². The van der Waals surface area contributed by atoms with Gasteiger partial charge in [-0.1, -0.05) is 35.0 Å². The van der Waals surface area contributed by atoms with Crippen LogP contribution >= 0.6 is 23.4 Å². The van der Waals surface area contributed by atoms with Crippen molar-refractivity contribution < 1.29 is 5.21 Å². The van der Waals surface area contributed by atoms with Crippen LogP contribution in [0.3, 0.4) is 0 Å². The Morgan fingerprint density at radius 1 is 1.44 bits per heavy atom. The zero-order valence-corrected chi connectivity index (χ0v) is 10.5. The third-order valence-electron chi connectivity index (χ3n) is 2.07. The predicted octanol–water partition coefficient (Wildman–Crippen LogP) is 3.10. The molecule has 1 aromatic rings. The van der Waals surface area contributed by atoms with E-state index in [9.17, 15) is 0 Å². The molecule has 0 saturated carbocycles. The number of nitrogens with two attached hydrogens (primary N) is 1. The van der Waals surface area contributed by atoms with Gasteiger partial charge >= 0.3 is 0 Å². The van der Waals surface area contributed by atoms with E-state index >= 15 is 0 Å². The molecular formula is C11H15ClN2OS. The fraction of sp³-hybridized carbons (Fsp3) is 0.364. The number of amidine groups is 1. The molecule has 0 amide bonds. The van der Waals surface area contributed by atoms with Crippen molar-refractivity contribution in [1.82, 2.24) is 0 Å². The van der Waals surface area contributed by atoms with Crippen molar-refractivity contribution in [3.8, 4) is 0 Å². The normalized spacial score (nSPS) is 11.7. The zero-order chi connectivity index (χ0) is 11.8. The average molecular weight is 259 g/mol. The number of hydrogen-bond acceptors (Lipinski definition) is 3. The topological polar surface area (TPSA) is 58.6 Å². The first-order valence-corrected chi connectivity index (χ1v) is 6.55. The van der Waals surface area contributed by atoms with Gasteiger partial charge in [0.05, 0.1) is 0 Å². The van der Waals surface area contributed by atoms with Crippen LogP contribution in [0.1, 0.15) is 18.4 Å². The van der Waals surface area contributed by atoms with E-state index in [-0.39, 0.29) is 0 Å². The summed E-state index contributed by atoms with van der Waals surface area (Å²) < 4.78 is 0. The Kier molecular flexibility index (Phi) is 6.11. The van der Waals surface area contributed by atoms with E-state index in [0.717, 1.165) is 28.5 Å². The summed E-state index contributed by atoms with van der Waals surface area (Å²) in [6, 6.07) is 7.83. The molecule has 0 heterocycles. The van der Waals surface area contributed by atoms with Gasteiger partial charge in [-0.15, -0.1) is 0 Å². The number of halogens is 1. The fourth-order valence-electron chi connectivity index (χ4n) is 1.20. The first-order valence-electron chi connectivity index (χ1n) is 5.01. The van der Waals surface area contributed by atoms with Gasteiger partial charge in [-0.3, -0.25) is 0 Å². The molecule has 0 aliphatic heterocycles. The average Bonchev–Trinajstić information content (AvgIpc) is 2.30. The maximum atomic E-state index is 8.34. The minimum atomic E-state index is 0.290. The highest BCUT2D eigenvalue weighted by Gasteiger charge is 1.99. The minimum Gasteiger partial charge on any atom is -0.409 e. The van der Waals surface area contributed by atoms with Gasteiger partial charge in [0, 0.05) is 17.2 Å². The lowest BCUT2D eigenvalue weighted by Gasteiger charge is -2.03. The van der Waals surface area contributed by atoms with Crippen LogP contribution in [-0.2, 0) is 5.75 Å². The first kappa shape index (κ1) is 13.2. The van der Waals surface area contributed by atoms with Crippen molar-refractivity contribution in [3.05, 3.63) is 34.9 Å². The van der Waals surface area contributed by atoms with Gasteiger partial charge in [-0.2, -0.15) is 11.8 Å². The smallest absolute Gasteiger partial charge is 0.139 e. The lowest BCUT2D eigenvalue weighted by Crippen LogP contribution is -2.11. The quantitative estimate of drug-likeness (QED) is 0.271. The van der Waals surface area contributed by atoms with Crippen molar-refractivity contribution in [3.63, 3.8) is 0 Å². The summed E-state index contributed by atoms with van der Waals surface area (Å²) in [7, 11) is 0. The Hall–Kier alpha value is -0.870. The molecule has 0 saturated heterocycles. The third kappa shape index (κ3) is 4.77. The number of hydrogen-bond donors (Lipinski definition) is 2. The summed E-state index contributed by atoms with van der Waals surface area (Å²) >= 11 is 7.82. The molecule has 0 atom stereocenters. The molecule has 0 aliphatic rings. The maximum Gasteiger partial charge on any atom is 0.139 e. The summed E-state index contributed by atoms with van der Waals surface area (Å²) in [5.41, 5.74) is 6.51. The fourth-order valence-corrected chi connectivity index (χ4v) is 2.45. The minimum absolute atomic E-state index is 0.290. The highest BCUT2D eigenvalue weighted by molar-refractivity contribution is 7.98. The Morgan fingerprint density at radius 3 is 2.88 bits per heavy atom. The van der Waals surface area contributed by atoms with E-state index in [1.54, 1.807) is 11.8 Å². The SMILES string of the molecule is N/C(CCCSCc1ccccc1Cl)=N/O. The largest absolute Gasteiger partial charge is 0.409 e. The first-order chi connectivity index (χ1) is 7.74. The van der Waals surface area contributed by atoms with Crippen molar-refractivity contribution >= 4 is 29.2 Å². The molecule has 0 aromatic heterocycles. The van der Waals surface area contributed by atoms with Gasteiger partial charge in [0.2, 0.25) is 0 Å². The number of thioether (sulfide) groups is 1. The number of oxime groups is 1. The molecule has 0 radical (unpaired) electrons. The van der Waals surface area contributed by atoms with Crippen LogP contribution in [0.15, 0.2) is 29.4 Å². The van der Waals surface area contributed by atoms with Gasteiger partial charge in [0.25, 0.3) is 0 Å². The third-order valence-corrected chi connectivity index (χ3v) is 3.53. The summed E-state index contributed by atoms with van der Waals surface area (Å²) in [6.45, 7) is 0. The molecular weight excluding hydrogens is 244 g/mol. The molecule has 1 rings (SSSR count). The molecule has 0 bridgehead atoms. The van der Waals surface area contributed by atoms with E-state index in [2.05, 4.69) is 5.16 Å². The van der Waals surface area contributed by atoms with E-state index in [4.69, 9.17) is 22.5 Å². The van der Waals surface area contributed by atoms with Crippen molar-refractivity contribution in [1.29, 1.82) is 0 Å². The van der Waals surface area contributed by atoms with Gasteiger partial charge < -0.3 is 10.9 Å². The maximum absolute atomic E-state index is 8.34. The van der Waals surface area contributed by atoms with Crippen LogP contribution in [0.25, 0.3) is 0 Å². The summed E-state index contributed by atoms with van der Waals surface area (Å²) in [4.78, 5) is 0. The second kappa shape index (κ2) is 7.41. The van der Waals surface area contributed by atoms with Crippen LogP contribution < -0.4 is 5.73 Å². The van der Waals surface area contributed by atoms with Gasteiger partial charge in [-0.25, -0.2) is 0 Å². The second-order valence-corrected chi connectivity index (χ2v) is 4.85. The number of benzene rings is 1. The molecule has 88 valence electrons. The zero-order valence-electron chi connectivity index (χ0n) is 8.90. The summed E-state index contributed by atoms with van der Waals surface area (Å²) in [5, 5.41) is 12.1. The lowest BCUT2D eigenvalue weighted by atomic mass is 10.2.